The van der Waals surface area contributed by atoms with Crippen LogP contribution in [0.5, 0.6) is 0 Å². The Labute approximate surface area is 139 Å². The highest BCUT2D eigenvalue weighted by Crippen LogP contribution is 2.51. The van der Waals surface area contributed by atoms with Gasteiger partial charge in [0.25, 0.3) is 0 Å². The van der Waals surface area contributed by atoms with Crippen LogP contribution >= 0.6 is 0 Å². The topological polar surface area (TPSA) is 52.2 Å². The smallest absolute Gasteiger partial charge is 0.128 e. The number of carboxylic acid groups (broad SMARTS) is 1. The summed E-state index contributed by atoms with van der Waals surface area (Å²) in [5, 5.41) is 14.7. The van der Waals surface area contributed by atoms with Gasteiger partial charge in [0.15, 0.2) is 0 Å². The molecule has 0 saturated carbocycles. The number of carbonyl (C=O) groups excluding carboxylic acids is 1. The summed E-state index contributed by atoms with van der Waals surface area (Å²) < 4.78 is 14.4. The minimum Gasteiger partial charge on any atom is -0.545 e. The number of benzene rings is 2. The van der Waals surface area contributed by atoms with Gasteiger partial charge in [0.1, 0.15) is 5.82 Å². The fourth-order valence-corrected chi connectivity index (χ4v) is 4.07. The SMILES string of the molecule is Cc1c(C(=O)[O-])ccc2c1N[C@H](c1ccccc1F)[C@H]1CC=C[C@H]21. The molecule has 1 aliphatic heterocycles. The molecule has 0 amide bonds. The van der Waals surface area contributed by atoms with Gasteiger partial charge in [0.05, 0.1) is 12.0 Å². The lowest BCUT2D eigenvalue weighted by Crippen LogP contribution is -2.31. The van der Waals surface area contributed by atoms with Crippen LogP contribution in [0.15, 0.2) is 48.6 Å². The highest BCUT2D eigenvalue weighted by molar-refractivity contribution is 5.90. The van der Waals surface area contributed by atoms with E-state index in [9.17, 15) is 14.3 Å². The van der Waals surface area contributed by atoms with Gasteiger partial charge >= 0.3 is 0 Å². The van der Waals surface area contributed by atoms with Crippen LogP contribution in [-0.2, 0) is 0 Å². The molecule has 24 heavy (non-hydrogen) atoms. The van der Waals surface area contributed by atoms with E-state index in [1.807, 2.05) is 12.1 Å². The maximum absolute atomic E-state index is 14.4. The minimum absolute atomic E-state index is 0.167. The van der Waals surface area contributed by atoms with Crippen LogP contribution in [0.25, 0.3) is 0 Å². The Morgan fingerprint density at radius 2 is 2.00 bits per heavy atom. The van der Waals surface area contributed by atoms with Gasteiger partial charge in [-0.05, 0) is 36.5 Å². The van der Waals surface area contributed by atoms with E-state index in [1.165, 1.54) is 6.07 Å². The Balaban J connectivity index is 1.87. The fraction of sp³-hybridized carbons (Fsp3) is 0.250. The standard InChI is InChI=1S/C20H18FNO2/c1-11-12(20(23)24)9-10-15-13-6-4-7-14(13)19(22-18(11)15)16-5-2-3-8-17(16)21/h2-6,8-10,13-14,19,22H,7H2,1H3,(H,23,24)/p-1/t13-,14-,19-/m0/s1. The van der Waals surface area contributed by atoms with Gasteiger partial charge in [0, 0.05) is 22.7 Å². The second kappa shape index (κ2) is 5.48. The monoisotopic (exact) mass is 322 g/mol. The van der Waals surface area contributed by atoms with E-state index < -0.39 is 5.97 Å². The largest absolute Gasteiger partial charge is 0.545 e. The third kappa shape index (κ3) is 2.13. The summed E-state index contributed by atoms with van der Waals surface area (Å²) in [4.78, 5) is 11.3. The van der Waals surface area contributed by atoms with Crippen molar-refractivity contribution in [3.8, 4) is 0 Å². The lowest BCUT2D eigenvalue weighted by atomic mass is 9.76. The molecule has 0 spiro atoms. The molecule has 2 aromatic rings. The number of hydrogen-bond donors (Lipinski definition) is 1. The molecule has 4 rings (SSSR count). The number of allylic oxidation sites excluding steroid dienone is 2. The van der Waals surface area contributed by atoms with Gasteiger partial charge in [-0.1, -0.05) is 42.5 Å². The number of fused-ring (bicyclic) bond motifs is 3. The van der Waals surface area contributed by atoms with Crippen molar-refractivity contribution in [2.75, 3.05) is 5.32 Å². The zero-order valence-electron chi connectivity index (χ0n) is 13.3. The molecule has 0 bridgehead atoms. The highest BCUT2D eigenvalue weighted by Gasteiger charge is 2.39. The lowest BCUT2D eigenvalue weighted by molar-refractivity contribution is -0.255. The Morgan fingerprint density at radius 1 is 1.21 bits per heavy atom. The second-order valence-electron chi connectivity index (χ2n) is 6.49. The maximum Gasteiger partial charge on any atom is 0.128 e. The molecule has 0 saturated heterocycles. The van der Waals surface area contributed by atoms with Crippen molar-refractivity contribution in [1.82, 2.24) is 0 Å². The molecule has 2 aromatic carbocycles. The molecule has 4 heteroatoms. The van der Waals surface area contributed by atoms with Gasteiger partial charge < -0.3 is 15.2 Å². The van der Waals surface area contributed by atoms with Gasteiger partial charge in [-0.2, -0.15) is 0 Å². The van der Waals surface area contributed by atoms with Crippen LogP contribution in [0.1, 0.15) is 45.4 Å². The zero-order chi connectivity index (χ0) is 16.8. The first-order valence-electron chi connectivity index (χ1n) is 8.10. The third-order valence-electron chi connectivity index (χ3n) is 5.26. The molecule has 3 atom stereocenters. The molecule has 3 nitrogen and oxygen atoms in total. The van der Waals surface area contributed by atoms with Crippen molar-refractivity contribution >= 4 is 11.7 Å². The van der Waals surface area contributed by atoms with Crippen molar-refractivity contribution < 1.29 is 14.3 Å². The Hall–Kier alpha value is -2.62. The molecular formula is C20H17FNO2-. The van der Waals surface area contributed by atoms with Gasteiger partial charge in [-0.3, -0.25) is 0 Å². The van der Waals surface area contributed by atoms with Crippen molar-refractivity contribution in [2.45, 2.75) is 25.3 Å². The summed E-state index contributed by atoms with van der Waals surface area (Å²) in [6.45, 7) is 1.77. The van der Waals surface area contributed by atoms with Crippen LogP contribution in [0.2, 0.25) is 0 Å². The summed E-state index contributed by atoms with van der Waals surface area (Å²) in [7, 11) is 0. The van der Waals surface area contributed by atoms with E-state index in [4.69, 9.17) is 0 Å². The van der Waals surface area contributed by atoms with Crippen molar-refractivity contribution in [1.29, 1.82) is 0 Å². The normalized spacial score (nSPS) is 24.2. The summed E-state index contributed by atoms with van der Waals surface area (Å²) in [6, 6.07) is 10.1. The van der Waals surface area contributed by atoms with Crippen LogP contribution < -0.4 is 10.4 Å². The average molecular weight is 322 g/mol. The molecule has 2 aliphatic rings. The number of nitrogens with one attached hydrogen (secondary N) is 1. The second-order valence-corrected chi connectivity index (χ2v) is 6.49. The number of halogens is 1. The number of hydrogen-bond acceptors (Lipinski definition) is 3. The van der Waals surface area contributed by atoms with Crippen LogP contribution in [0, 0.1) is 18.7 Å². The number of carboxylic acids is 1. The summed E-state index contributed by atoms with van der Waals surface area (Å²) in [6.07, 6.45) is 5.15. The first-order chi connectivity index (χ1) is 11.6. The number of aromatic carboxylic acids is 1. The van der Waals surface area contributed by atoms with E-state index in [1.54, 1.807) is 25.1 Å². The van der Waals surface area contributed by atoms with Crippen LogP contribution in [0.3, 0.4) is 0 Å². The molecule has 0 unspecified atom stereocenters. The average Bonchev–Trinajstić information content (AvgIpc) is 3.05. The summed E-state index contributed by atoms with van der Waals surface area (Å²) in [5.74, 6) is -1.04. The number of rotatable bonds is 2. The van der Waals surface area contributed by atoms with E-state index >= 15 is 0 Å². The molecule has 1 aliphatic carbocycles. The lowest BCUT2D eigenvalue weighted by Gasteiger charge is -2.39. The van der Waals surface area contributed by atoms with Crippen molar-refractivity contribution in [3.63, 3.8) is 0 Å². The van der Waals surface area contributed by atoms with E-state index in [0.29, 0.717) is 11.1 Å². The first-order valence-corrected chi connectivity index (χ1v) is 8.10. The molecule has 122 valence electrons. The third-order valence-corrected chi connectivity index (χ3v) is 5.26. The Morgan fingerprint density at radius 3 is 2.75 bits per heavy atom. The van der Waals surface area contributed by atoms with E-state index in [2.05, 4.69) is 17.5 Å². The molecule has 0 fully saturated rings. The summed E-state index contributed by atoms with van der Waals surface area (Å²) in [5.41, 5.74) is 3.31. The van der Waals surface area contributed by atoms with Crippen LogP contribution in [-0.4, -0.2) is 5.97 Å². The fourth-order valence-electron chi connectivity index (χ4n) is 4.07. The number of anilines is 1. The predicted molar refractivity (Wildman–Crippen MR) is 88.3 cm³/mol. The Bertz CT molecular complexity index is 859. The van der Waals surface area contributed by atoms with Gasteiger partial charge in [-0.25, -0.2) is 4.39 Å². The van der Waals surface area contributed by atoms with E-state index in [0.717, 1.165) is 17.7 Å². The van der Waals surface area contributed by atoms with E-state index in [-0.39, 0.29) is 29.3 Å². The van der Waals surface area contributed by atoms with Crippen LogP contribution in [0.4, 0.5) is 10.1 Å². The first kappa shape index (κ1) is 14.9. The molecular weight excluding hydrogens is 305 g/mol. The molecule has 1 heterocycles. The van der Waals surface area contributed by atoms with Crippen molar-refractivity contribution in [3.05, 3.63) is 76.6 Å². The van der Waals surface area contributed by atoms with Crippen molar-refractivity contribution in [2.24, 2.45) is 5.92 Å². The Kier molecular flexibility index (Phi) is 3.41. The van der Waals surface area contributed by atoms with Gasteiger partial charge in [0.2, 0.25) is 0 Å². The number of carbonyl (C=O) groups is 1. The quantitative estimate of drug-likeness (QED) is 0.863. The maximum atomic E-state index is 14.4. The highest BCUT2D eigenvalue weighted by atomic mass is 19.1. The molecule has 1 N–H and O–H groups in total. The molecule has 0 aromatic heterocycles. The zero-order valence-corrected chi connectivity index (χ0v) is 13.3. The molecule has 0 radical (unpaired) electrons. The van der Waals surface area contributed by atoms with Gasteiger partial charge in [-0.15, -0.1) is 0 Å². The summed E-state index contributed by atoms with van der Waals surface area (Å²) >= 11 is 0. The predicted octanol–water partition coefficient (Wildman–Crippen LogP) is 3.32. The minimum atomic E-state index is -1.19.